The third-order valence-corrected chi connectivity index (χ3v) is 5.85. The number of carbonyl (C=O) groups excluding carboxylic acids is 1. The second-order valence-electron chi connectivity index (χ2n) is 8.84. The summed E-state index contributed by atoms with van der Waals surface area (Å²) in [7, 11) is 0. The van der Waals surface area contributed by atoms with Crippen molar-refractivity contribution in [1.29, 1.82) is 0 Å². The maximum Gasteiger partial charge on any atom is 2.00 e. The molecule has 0 saturated heterocycles. The summed E-state index contributed by atoms with van der Waals surface area (Å²) in [6, 6.07) is 11.3. The quantitative estimate of drug-likeness (QED) is 0.108. The van der Waals surface area contributed by atoms with E-state index >= 15 is 0 Å². The van der Waals surface area contributed by atoms with Gasteiger partial charge in [0.25, 0.3) is 0 Å². The van der Waals surface area contributed by atoms with Crippen molar-refractivity contribution in [2.45, 2.75) is 97.3 Å². The van der Waals surface area contributed by atoms with Crippen molar-refractivity contribution in [1.82, 2.24) is 4.98 Å². The molecule has 0 spiro atoms. The Balaban J connectivity index is 0.00000578. The maximum atomic E-state index is 12.6. The third kappa shape index (κ3) is 13.2. The van der Waals surface area contributed by atoms with E-state index in [4.69, 9.17) is 9.47 Å². The molecule has 1 aromatic heterocycles. The molecule has 2 rings (SSSR count). The Bertz CT molecular complexity index is 762. The van der Waals surface area contributed by atoms with Crippen LogP contribution < -0.4 is 9.47 Å². The summed E-state index contributed by atoms with van der Waals surface area (Å²) in [5.41, 5.74) is 1.45. The van der Waals surface area contributed by atoms with Crippen LogP contribution in [0.4, 0.5) is 0 Å². The molecule has 0 unspecified atom stereocenters. The number of pyridine rings is 1. The minimum atomic E-state index is 0. The Hall–Kier alpha value is -1.84. The van der Waals surface area contributed by atoms with Crippen LogP contribution in [0.15, 0.2) is 42.6 Å². The molecule has 0 bridgehead atoms. The number of benzene rings is 1. The van der Waals surface area contributed by atoms with Crippen LogP contribution in [0.5, 0.6) is 11.5 Å². The first kappa shape index (κ1) is 30.2. The van der Waals surface area contributed by atoms with Crippen LogP contribution >= 0.6 is 0 Å². The van der Waals surface area contributed by atoms with Gasteiger partial charge in [-0.25, -0.2) is 0 Å². The van der Waals surface area contributed by atoms with Gasteiger partial charge in [-0.05, 0) is 49.2 Å². The summed E-state index contributed by atoms with van der Waals surface area (Å²) >= 11 is 0. The van der Waals surface area contributed by atoms with Crippen molar-refractivity contribution in [3.63, 3.8) is 0 Å². The van der Waals surface area contributed by atoms with Gasteiger partial charge in [0.1, 0.15) is 11.5 Å². The van der Waals surface area contributed by atoms with Gasteiger partial charge in [0.15, 0.2) is 5.78 Å². The first-order valence-corrected chi connectivity index (χ1v) is 13.1. The van der Waals surface area contributed by atoms with Crippen LogP contribution in [0.1, 0.15) is 107 Å². The van der Waals surface area contributed by atoms with Crippen LogP contribution in [-0.2, 0) is 23.5 Å². The Labute approximate surface area is 217 Å². The van der Waals surface area contributed by atoms with E-state index in [2.05, 4.69) is 18.8 Å². The average molecular weight is 517 g/mol. The summed E-state index contributed by atoms with van der Waals surface area (Å²) in [5.74, 6) is 1.66. The summed E-state index contributed by atoms with van der Waals surface area (Å²) in [5, 5.41) is 0. The Kier molecular flexibility index (Phi) is 17.3. The third-order valence-electron chi connectivity index (χ3n) is 5.85. The van der Waals surface area contributed by atoms with E-state index in [0.717, 1.165) is 43.2 Å². The molecule has 1 heterocycles. The fourth-order valence-electron chi connectivity index (χ4n) is 3.75. The van der Waals surface area contributed by atoms with E-state index in [1.807, 2.05) is 36.4 Å². The zero-order valence-corrected chi connectivity index (χ0v) is 22.1. The molecule has 0 amide bonds. The predicted molar refractivity (Wildman–Crippen MR) is 136 cm³/mol. The monoisotopic (exact) mass is 516 g/mol. The smallest absolute Gasteiger partial charge is 0.494 e. The molecular weight excluding hydrogens is 474 g/mol. The molecule has 0 saturated carbocycles. The van der Waals surface area contributed by atoms with E-state index in [1.54, 1.807) is 6.20 Å². The SMILES string of the molecule is CCCCCCCCOc1ccc(C(=O)Cc2ccc(OCCCCCCCC)cn2)cc1.[Cu+2]. The van der Waals surface area contributed by atoms with Gasteiger partial charge in [-0.2, -0.15) is 0 Å². The molecular formula is C29H43CuNO3+2. The summed E-state index contributed by atoms with van der Waals surface area (Å²) < 4.78 is 11.6. The number of rotatable bonds is 19. The van der Waals surface area contributed by atoms with Crippen molar-refractivity contribution in [2.75, 3.05) is 13.2 Å². The van der Waals surface area contributed by atoms with Gasteiger partial charge in [0.05, 0.1) is 25.8 Å². The maximum absolute atomic E-state index is 12.6. The second-order valence-corrected chi connectivity index (χ2v) is 8.84. The van der Waals surface area contributed by atoms with Crippen molar-refractivity contribution < 1.29 is 31.3 Å². The van der Waals surface area contributed by atoms with E-state index in [1.165, 1.54) is 64.2 Å². The summed E-state index contributed by atoms with van der Waals surface area (Å²) in [6.45, 7) is 5.92. The van der Waals surface area contributed by atoms with E-state index in [0.29, 0.717) is 5.56 Å². The predicted octanol–water partition coefficient (Wildman–Crippen LogP) is 7.98. The van der Waals surface area contributed by atoms with E-state index in [-0.39, 0.29) is 29.3 Å². The standard InChI is InChI=1S/C29H43NO3.Cu/c1-3-5-7-9-11-13-21-32-27-18-15-25(16-19-27)29(31)23-26-17-20-28(24-30-26)33-22-14-12-10-8-6-4-2;/h15-20,24H,3-14,21-23H2,1-2H3;/q;+2. The number of nitrogens with zero attached hydrogens (tertiary/aromatic N) is 1. The topological polar surface area (TPSA) is 48.4 Å². The average Bonchev–Trinajstić information content (AvgIpc) is 2.84. The Morgan fingerprint density at radius 1 is 0.676 bits per heavy atom. The molecule has 34 heavy (non-hydrogen) atoms. The van der Waals surface area contributed by atoms with Gasteiger partial charge in [0, 0.05) is 11.3 Å². The largest absolute Gasteiger partial charge is 2.00 e. The Morgan fingerprint density at radius 2 is 1.18 bits per heavy atom. The van der Waals surface area contributed by atoms with Gasteiger partial charge in [0.2, 0.25) is 0 Å². The molecule has 0 N–H and O–H groups in total. The number of ketones is 1. The molecule has 0 aliphatic rings. The molecule has 0 atom stereocenters. The zero-order valence-electron chi connectivity index (χ0n) is 21.1. The molecule has 4 nitrogen and oxygen atoms in total. The number of hydrogen-bond donors (Lipinski definition) is 0. The minimum Gasteiger partial charge on any atom is -0.494 e. The first-order valence-electron chi connectivity index (χ1n) is 13.1. The fraction of sp³-hybridized carbons (Fsp3) is 0.586. The van der Waals surface area contributed by atoms with Gasteiger partial charge in [-0.3, -0.25) is 9.78 Å². The number of carbonyl (C=O) groups is 1. The number of Topliss-reactive ketones (excluding diaryl/α,β-unsaturated/α-hetero) is 1. The molecule has 0 aliphatic heterocycles. The minimum absolute atomic E-state index is 0. The van der Waals surface area contributed by atoms with Crippen LogP contribution in [0.25, 0.3) is 0 Å². The van der Waals surface area contributed by atoms with Crippen LogP contribution in [-0.4, -0.2) is 24.0 Å². The van der Waals surface area contributed by atoms with Crippen LogP contribution in [0.2, 0.25) is 0 Å². The molecule has 1 radical (unpaired) electrons. The second kappa shape index (κ2) is 19.5. The van der Waals surface area contributed by atoms with Crippen molar-refractivity contribution in [3.05, 3.63) is 53.9 Å². The number of aromatic nitrogens is 1. The van der Waals surface area contributed by atoms with Gasteiger partial charge < -0.3 is 9.47 Å². The zero-order chi connectivity index (χ0) is 23.6. The van der Waals surface area contributed by atoms with E-state index < -0.39 is 0 Å². The molecule has 0 fully saturated rings. The fourth-order valence-corrected chi connectivity index (χ4v) is 3.75. The van der Waals surface area contributed by atoms with Gasteiger partial charge >= 0.3 is 17.1 Å². The van der Waals surface area contributed by atoms with Crippen molar-refractivity contribution in [2.24, 2.45) is 0 Å². The molecule has 0 aliphatic carbocycles. The van der Waals surface area contributed by atoms with Crippen LogP contribution in [0, 0.1) is 0 Å². The number of hydrogen-bond acceptors (Lipinski definition) is 4. The first-order chi connectivity index (χ1) is 16.2. The number of ether oxygens (including phenoxy) is 2. The number of unbranched alkanes of at least 4 members (excludes halogenated alkanes) is 10. The summed E-state index contributed by atoms with van der Waals surface area (Å²) in [4.78, 5) is 17.0. The molecule has 191 valence electrons. The molecule has 2 aromatic rings. The van der Waals surface area contributed by atoms with Crippen LogP contribution in [0.3, 0.4) is 0 Å². The van der Waals surface area contributed by atoms with Crippen molar-refractivity contribution in [3.8, 4) is 11.5 Å². The summed E-state index contributed by atoms with van der Waals surface area (Å²) in [6.07, 6.45) is 17.0. The molecule has 5 heteroatoms. The van der Waals surface area contributed by atoms with Crippen molar-refractivity contribution >= 4 is 5.78 Å². The van der Waals surface area contributed by atoms with E-state index in [9.17, 15) is 4.79 Å². The van der Waals surface area contributed by atoms with Gasteiger partial charge in [-0.1, -0.05) is 78.1 Å². The van der Waals surface area contributed by atoms with Gasteiger partial charge in [-0.15, -0.1) is 0 Å². The normalized spacial score (nSPS) is 10.5. The Morgan fingerprint density at radius 3 is 1.71 bits per heavy atom. The molecule has 1 aromatic carbocycles.